The predicted octanol–water partition coefficient (Wildman–Crippen LogP) is 4.02. The molecule has 0 bridgehead atoms. The van der Waals surface area contributed by atoms with Gasteiger partial charge in [-0.1, -0.05) is 13.8 Å². The number of anilines is 1. The molecule has 2 heterocycles. The molecule has 4 rings (SSSR count). The molecular weight excluding hydrogens is 440 g/mol. The third kappa shape index (κ3) is 5.01. The monoisotopic (exact) mass is 470 g/mol. The summed E-state index contributed by atoms with van der Waals surface area (Å²) in [5.41, 5.74) is 1.47. The van der Waals surface area contributed by atoms with Crippen LogP contribution in [0.2, 0.25) is 0 Å². The van der Waals surface area contributed by atoms with Gasteiger partial charge in [0, 0.05) is 37.7 Å². The average Bonchev–Trinajstić information content (AvgIpc) is 2.82. The van der Waals surface area contributed by atoms with E-state index in [0.717, 1.165) is 12.8 Å². The highest BCUT2D eigenvalue weighted by Gasteiger charge is 2.35. The molecule has 2 aromatic rings. The normalized spacial score (nSPS) is 21.2. The number of benzene rings is 2. The van der Waals surface area contributed by atoms with Crippen molar-refractivity contribution in [2.45, 2.75) is 50.2 Å². The van der Waals surface area contributed by atoms with Crippen LogP contribution in [0.4, 0.5) is 5.69 Å². The van der Waals surface area contributed by atoms with Crippen molar-refractivity contribution in [1.82, 2.24) is 0 Å². The summed E-state index contributed by atoms with van der Waals surface area (Å²) < 4.78 is 40.3. The third-order valence-corrected chi connectivity index (χ3v) is 8.06. The fraction of sp³-hybridized carbons (Fsp3) is 0.480. The van der Waals surface area contributed by atoms with E-state index in [1.54, 1.807) is 36.4 Å². The number of fused-ring (bicyclic) bond motifs is 1. The molecule has 33 heavy (non-hydrogen) atoms. The van der Waals surface area contributed by atoms with E-state index in [0.29, 0.717) is 48.1 Å². The number of nitrogens with zero attached hydrogens (tertiary/aromatic N) is 2. The number of rotatable bonds is 6. The first-order valence-electron chi connectivity index (χ1n) is 11.4. The molecule has 2 aliphatic rings. The molecule has 8 heteroatoms. The summed E-state index contributed by atoms with van der Waals surface area (Å²) in [6, 6.07) is 13.3. The highest BCUT2D eigenvalue weighted by atomic mass is 32.2. The number of ether oxygens (including phenoxy) is 2. The number of nitriles is 1. The Morgan fingerprint density at radius 2 is 1.85 bits per heavy atom. The summed E-state index contributed by atoms with van der Waals surface area (Å²) in [4.78, 5) is 0.110. The summed E-state index contributed by atoms with van der Waals surface area (Å²) in [6.45, 7) is 5.59. The third-order valence-electron chi connectivity index (χ3n) is 6.27. The van der Waals surface area contributed by atoms with Gasteiger partial charge in [0.25, 0.3) is 10.0 Å². The molecule has 7 nitrogen and oxygen atoms in total. The van der Waals surface area contributed by atoms with Crippen molar-refractivity contribution < 1.29 is 23.0 Å². The Labute approximate surface area is 195 Å². The fourth-order valence-corrected chi connectivity index (χ4v) is 6.16. The van der Waals surface area contributed by atoms with Gasteiger partial charge in [0.1, 0.15) is 11.9 Å². The van der Waals surface area contributed by atoms with Crippen LogP contribution in [0.3, 0.4) is 0 Å². The number of hydrogen-bond acceptors (Lipinski definition) is 6. The van der Waals surface area contributed by atoms with Gasteiger partial charge in [0.15, 0.2) is 0 Å². The molecule has 2 atom stereocenters. The van der Waals surface area contributed by atoms with Crippen LogP contribution in [0.1, 0.15) is 50.3 Å². The molecule has 2 aromatic carbocycles. The Hall–Kier alpha value is -2.60. The first-order chi connectivity index (χ1) is 15.8. The van der Waals surface area contributed by atoms with Crippen LogP contribution in [0.5, 0.6) is 5.75 Å². The molecule has 1 saturated heterocycles. The molecule has 0 aromatic heterocycles. The Bertz CT molecular complexity index is 1120. The summed E-state index contributed by atoms with van der Waals surface area (Å²) in [5, 5.41) is 19.9. The van der Waals surface area contributed by atoms with Gasteiger partial charge >= 0.3 is 0 Å². The average molecular weight is 471 g/mol. The highest BCUT2D eigenvalue weighted by molar-refractivity contribution is 7.92. The minimum atomic E-state index is -3.89. The maximum atomic E-state index is 13.7. The zero-order valence-corrected chi connectivity index (χ0v) is 19.8. The zero-order chi connectivity index (χ0) is 23.6. The lowest BCUT2D eigenvalue weighted by molar-refractivity contribution is -0.0151. The summed E-state index contributed by atoms with van der Waals surface area (Å²) in [6.07, 6.45) is 1.34. The van der Waals surface area contributed by atoms with Gasteiger partial charge < -0.3 is 14.6 Å². The van der Waals surface area contributed by atoms with E-state index < -0.39 is 16.1 Å². The first-order valence-corrected chi connectivity index (χ1v) is 12.8. The summed E-state index contributed by atoms with van der Waals surface area (Å²) in [7, 11) is -3.89. The molecule has 0 radical (unpaired) electrons. The molecule has 0 saturated carbocycles. The van der Waals surface area contributed by atoms with Crippen molar-refractivity contribution in [3.63, 3.8) is 0 Å². The fourth-order valence-electron chi connectivity index (χ4n) is 4.49. The SMILES string of the molecule is CC(C)CN(c1ccc(C#N)cc1)S(=O)(=O)c1ccc2c(c1)C(O)CC(C1CCOCC1)O2. The largest absolute Gasteiger partial charge is 0.490 e. The van der Waals surface area contributed by atoms with E-state index in [-0.39, 0.29) is 23.5 Å². The molecule has 1 fully saturated rings. The Balaban J connectivity index is 1.64. The number of hydrogen-bond donors (Lipinski definition) is 1. The van der Waals surface area contributed by atoms with Crippen LogP contribution < -0.4 is 9.04 Å². The van der Waals surface area contributed by atoms with Gasteiger partial charge in [-0.25, -0.2) is 8.42 Å². The maximum absolute atomic E-state index is 13.7. The second kappa shape index (κ2) is 9.72. The lowest BCUT2D eigenvalue weighted by Crippen LogP contribution is -2.36. The van der Waals surface area contributed by atoms with Crippen LogP contribution in [0.15, 0.2) is 47.4 Å². The van der Waals surface area contributed by atoms with E-state index in [1.165, 1.54) is 10.4 Å². The first kappa shape index (κ1) is 23.6. The van der Waals surface area contributed by atoms with E-state index in [9.17, 15) is 13.5 Å². The Morgan fingerprint density at radius 1 is 1.15 bits per heavy atom. The topological polar surface area (TPSA) is 99.9 Å². The molecule has 0 spiro atoms. The Kier molecular flexibility index (Phi) is 6.94. The van der Waals surface area contributed by atoms with Crippen LogP contribution >= 0.6 is 0 Å². The Morgan fingerprint density at radius 3 is 2.48 bits per heavy atom. The van der Waals surface area contributed by atoms with E-state index in [1.807, 2.05) is 13.8 Å². The number of aliphatic hydroxyl groups is 1. The quantitative estimate of drug-likeness (QED) is 0.684. The van der Waals surface area contributed by atoms with Crippen molar-refractivity contribution in [2.24, 2.45) is 11.8 Å². The molecule has 176 valence electrons. The standard InChI is InChI=1S/C25H30N2O5S/c1-17(2)16-27(20-5-3-18(15-26)4-6-20)33(29,30)21-7-8-24-22(13-21)23(28)14-25(32-24)19-9-11-31-12-10-19/h3-8,13,17,19,23,25,28H,9-12,14,16H2,1-2H3. The van der Waals surface area contributed by atoms with Crippen molar-refractivity contribution in [3.05, 3.63) is 53.6 Å². The van der Waals surface area contributed by atoms with Crippen LogP contribution in [0.25, 0.3) is 0 Å². The van der Waals surface area contributed by atoms with Crippen molar-refractivity contribution in [3.8, 4) is 11.8 Å². The highest BCUT2D eigenvalue weighted by Crippen LogP contribution is 2.40. The van der Waals surface area contributed by atoms with Crippen molar-refractivity contribution in [2.75, 3.05) is 24.1 Å². The van der Waals surface area contributed by atoms with Gasteiger partial charge in [-0.3, -0.25) is 4.31 Å². The molecule has 0 aliphatic carbocycles. The number of aliphatic hydroxyl groups excluding tert-OH is 1. The summed E-state index contributed by atoms with van der Waals surface area (Å²) >= 11 is 0. The molecular formula is C25H30N2O5S. The van der Waals surface area contributed by atoms with E-state index >= 15 is 0 Å². The predicted molar refractivity (Wildman–Crippen MR) is 125 cm³/mol. The lowest BCUT2D eigenvalue weighted by atomic mass is 9.87. The van der Waals surface area contributed by atoms with Crippen molar-refractivity contribution in [1.29, 1.82) is 5.26 Å². The molecule has 2 unspecified atom stereocenters. The minimum absolute atomic E-state index is 0.0854. The second-order valence-electron chi connectivity index (χ2n) is 9.15. The van der Waals surface area contributed by atoms with Gasteiger partial charge in [0.05, 0.1) is 28.3 Å². The van der Waals surface area contributed by atoms with Gasteiger partial charge in [-0.05, 0) is 61.2 Å². The minimum Gasteiger partial charge on any atom is -0.490 e. The van der Waals surface area contributed by atoms with Crippen LogP contribution in [-0.2, 0) is 14.8 Å². The van der Waals surface area contributed by atoms with Gasteiger partial charge in [0.2, 0.25) is 0 Å². The van der Waals surface area contributed by atoms with E-state index in [2.05, 4.69) is 6.07 Å². The summed E-state index contributed by atoms with van der Waals surface area (Å²) in [5.74, 6) is 0.947. The molecule has 1 N–H and O–H groups in total. The van der Waals surface area contributed by atoms with Gasteiger partial charge in [-0.15, -0.1) is 0 Å². The maximum Gasteiger partial charge on any atom is 0.264 e. The lowest BCUT2D eigenvalue weighted by Gasteiger charge is -2.36. The zero-order valence-electron chi connectivity index (χ0n) is 19.0. The van der Waals surface area contributed by atoms with E-state index in [4.69, 9.17) is 14.7 Å². The molecule has 0 amide bonds. The number of sulfonamides is 1. The van der Waals surface area contributed by atoms with Crippen LogP contribution in [0, 0.1) is 23.2 Å². The van der Waals surface area contributed by atoms with Gasteiger partial charge in [-0.2, -0.15) is 5.26 Å². The second-order valence-corrected chi connectivity index (χ2v) is 11.0. The molecule has 2 aliphatic heterocycles. The van der Waals surface area contributed by atoms with Crippen molar-refractivity contribution >= 4 is 15.7 Å². The smallest absolute Gasteiger partial charge is 0.264 e. The van der Waals surface area contributed by atoms with Crippen LogP contribution in [-0.4, -0.2) is 39.4 Å².